The second-order valence-electron chi connectivity index (χ2n) is 30.7. The predicted molar refractivity (Wildman–Crippen MR) is 368 cm³/mol. The Kier molecular flexibility index (Phi) is 24.1. The quantitative estimate of drug-likeness (QED) is 0.0301. The van der Waals surface area contributed by atoms with Crippen LogP contribution in [0.15, 0.2) is 88.8 Å². The van der Waals surface area contributed by atoms with Crippen LogP contribution in [0.4, 0.5) is 0 Å². The van der Waals surface area contributed by atoms with Crippen molar-refractivity contribution >= 4 is 62.5 Å². The molecule has 0 amide bonds. The zero-order chi connectivity index (χ0) is 66.9. The lowest BCUT2D eigenvalue weighted by Crippen LogP contribution is -2.62. The van der Waals surface area contributed by atoms with Crippen molar-refractivity contribution in [2.45, 2.75) is 308 Å². The summed E-state index contributed by atoms with van der Waals surface area (Å²) in [6.45, 7) is 41.0. The lowest BCUT2D eigenvalue weighted by molar-refractivity contribution is -0.292. The number of fused-ring (bicyclic) bond motifs is 1. The van der Waals surface area contributed by atoms with Crippen molar-refractivity contribution in [3.63, 3.8) is 0 Å². The Balaban J connectivity index is 1.02. The zero-order valence-electron chi connectivity index (χ0n) is 57.9. The molecule has 16 nitrogen and oxygen atoms in total. The lowest BCUT2D eigenvalue weighted by atomic mass is 9.81. The van der Waals surface area contributed by atoms with Gasteiger partial charge in [0.2, 0.25) is 0 Å². The van der Waals surface area contributed by atoms with Crippen LogP contribution in [0.1, 0.15) is 157 Å². The Morgan fingerprint density at radius 1 is 0.761 bits per heavy atom. The van der Waals surface area contributed by atoms with Gasteiger partial charge >= 0.3 is 5.97 Å². The second kappa shape index (κ2) is 30.0. The lowest BCUT2D eigenvalue weighted by Gasteiger charge is -2.47. The highest BCUT2D eigenvalue weighted by Gasteiger charge is 2.69. The molecule has 14 unspecified atom stereocenters. The van der Waals surface area contributed by atoms with Crippen LogP contribution in [-0.4, -0.2) is 168 Å². The van der Waals surface area contributed by atoms with Crippen LogP contribution in [0.3, 0.4) is 0 Å². The third-order valence-electron chi connectivity index (χ3n) is 22.6. The molecule has 0 aromatic heterocycles. The molecule has 0 aliphatic carbocycles. The van der Waals surface area contributed by atoms with E-state index in [9.17, 15) is 4.79 Å². The van der Waals surface area contributed by atoms with E-state index in [4.69, 9.17) is 55.9 Å². The summed E-state index contributed by atoms with van der Waals surface area (Å²) in [5.41, 5.74) is 1.37. The second-order valence-corrected chi connectivity index (χ2v) is 48.2. The molecule has 0 radical (unpaired) electrons. The van der Waals surface area contributed by atoms with E-state index in [0.717, 1.165) is 43.0 Å². The van der Waals surface area contributed by atoms with Crippen molar-refractivity contribution in [1.29, 1.82) is 0 Å². The van der Waals surface area contributed by atoms with Gasteiger partial charge in [0.05, 0.1) is 72.0 Å². The molecule has 516 valence electrons. The highest BCUT2D eigenvalue weighted by atomic mass is 79.9. The maximum Gasteiger partial charge on any atom is 0.338 e. The number of esters is 1. The standard InChI is InChI=1S/C71H111BrO16SSi3/c1-18-92(19-2,20-3)78-37-27-30-49-38-45(4)47(6)56(80-49)42-57-60(61(77-13)58(83-57)41-52(88-91(16,17)70(10,11)12)44-79-90(14,15)69(7,8)9)67(89(75,76)53-31-25-22-26-32-53)54(73)40-50-33-34-55-62(81-50)66-65-64(84-55)63-59(85-65)43-71(86-63,87-66)36-35-51(39-46(5)72)82-68(74)48-28-23-21-24-29-48/h21-26,28-29,31-32,45,49-52,55-67H,5-6,18-20,27,30,33-44H2,1-4,7-17H3/t45?,49?,50?,51?,52?,55?,56?,57-,58+,59?,60?,61-,62-,63?,64-,65?,66?,67?,71?/m0/s1. The molecule has 2 aromatic carbocycles. The van der Waals surface area contributed by atoms with E-state index in [0.29, 0.717) is 68.2 Å². The number of Topliss-reactive ketones (excluding diaryl/α,β-unsaturated/α-hetero) is 1. The van der Waals surface area contributed by atoms with Gasteiger partial charge in [-0.25, -0.2) is 13.2 Å². The molecule has 8 aliphatic rings. The van der Waals surface area contributed by atoms with Gasteiger partial charge in [-0.15, -0.1) is 0 Å². The van der Waals surface area contributed by atoms with Gasteiger partial charge in [0, 0.05) is 58.2 Å². The van der Waals surface area contributed by atoms with Gasteiger partial charge in [-0.05, 0) is 133 Å². The fourth-order valence-corrected chi connectivity index (χ4v) is 22.3. The van der Waals surface area contributed by atoms with Crippen LogP contribution in [0.25, 0.3) is 0 Å². The highest BCUT2D eigenvalue weighted by molar-refractivity contribution is 9.11. The van der Waals surface area contributed by atoms with Crippen LogP contribution in [0.2, 0.25) is 54.4 Å². The summed E-state index contributed by atoms with van der Waals surface area (Å²) in [5.74, 6) is -2.91. The molecule has 10 rings (SSSR count). The van der Waals surface area contributed by atoms with Crippen molar-refractivity contribution in [1.82, 2.24) is 0 Å². The minimum atomic E-state index is -4.48. The van der Waals surface area contributed by atoms with Crippen molar-refractivity contribution in [2.24, 2.45) is 11.8 Å². The van der Waals surface area contributed by atoms with E-state index in [1.165, 1.54) is 0 Å². The van der Waals surface area contributed by atoms with Gasteiger partial charge in [-0.2, -0.15) is 0 Å². The van der Waals surface area contributed by atoms with Crippen LogP contribution >= 0.6 is 15.9 Å². The Bertz CT molecular complexity index is 2930. The zero-order valence-corrected chi connectivity index (χ0v) is 63.3. The first kappa shape index (κ1) is 73.9. The van der Waals surface area contributed by atoms with E-state index in [2.05, 4.69) is 125 Å². The molecular formula is C71H111BrO16SSi3. The molecular weight excluding hydrogens is 1300 g/mol. The first-order chi connectivity index (χ1) is 43.3. The maximum absolute atomic E-state index is 16.1. The largest absolute Gasteiger partial charge is 0.458 e. The average Bonchev–Trinajstić information content (AvgIpc) is 1.54. The minimum absolute atomic E-state index is 0.0331. The summed E-state index contributed by atoms with van der Waals surface area (Å²) in [5, 5.41) is -1.83. The molecule has 92 heavy (non-hydrogen) atoms. The van der Waals surface area contributed by atoms with Crippen LogP contribution in [0.5, 0.6) is 0 Å². The first-order valence-electron chi connectivity index (χ1n) is 34.5. The van der Waals surface area contributed by atoms with Gasteiger partial charge in [-0.3, -0.25) is 4.79 Å². The molecule has 19 atom stereocenters. The normalized spacial score (nSPS) is 32.7. The number of halogens is 1. The number of rotatable bonds is 31. The molecule has 0 saturated carbocycles. The Labute approximate surface area is 562 Å². The number of ether oxygens (including phenoxy) is 9. The number of hydrogen-bond donors (Lipinski definition) is 0. The molecule has 6 bridgehead atoms. The molecule has 8 heterocycles. The number of sulfone groups is 1. The third-order valence-corrected chi connectivity index (χ3v) is 38.8. The van der Waals surface area contributed by atoms with E-state index in [-0.39, 0.29) is 52.0 Å². The number of carbonyl (C=O) groups excluding carboxylic acids is 2. The van der Waals surface area contributed by atoms with Crippen molar-refractivity contribution in [3.05, 3.63) is 89.4 Å². The van der Waals surface area contributed by atoms with Gasteiger partial charge in [0.1, 0.15) is 41.9 Å². The molecule has 8 saturated heterocycles. The van der Waals surface area contributed by atoms with Gasteiger partial charge in [0.15, 0.2) is 46.4 Å². The van der Waals surface area contributed by atoms with Crippen molar-refractivity contribution in [2.75, 3.05) is 20.3 Å². The van der Waals surface area contributed by atoms with Crippen LogP contribution in [0, 0.1) is 11.8 Å². The average molecular weight is 1420 g/mol. The van der Waals surface area contributed by atoms with E-state index in [1.807, 2.05) is 6.07 Å². The summed E-state index contributed by atoms with van der Waals surface area (Å²) in [6, 6.07) is 20.5. The summed E-state index contributed by atoms with van der Waals surface area (Å²) < 4.78 is 116. The molecule has 8 aliphatic heterocycles. The van der Waals surface area contributed by atoms with Gasteiger partial charge in [0.25, 0.3) is 0 Å². The Morgan fingerprint density at radius 3 is 2.02 bits per heavy atom. The molecule has 8 fully saturated rings. The molecule has 0 spiro atoms. The fraction of sp³-hybridized carbons (Fsp3) is 0.746. The summed E-state index contributed by atoms with van der Waals surface area (Å²) in [6.07, 6.45) is -2.51. The minimum Gasteiger partial charge on any atom is -0.458 e. The first-order valence-corrected chi connectivity index (χ1v) is 45.2. The summed E-state index contributed by atoms with van der Waals surface area (Å²) in [7, 11) is -9.42. The third kappa shape index (κ3) is 16.5. The Morgan fingerprint density at radius 2 is 1.39 bits per heavy atom. The van der Waals surface area contributed by atoms with E-state index < -0.39 is 137 Å². The predicted octanol–water partition coefficient (Wildman–Crippen LogP) is 14.8. The highest BCUT2D eigenvalue weighted by Crippen LogP contribution is 2.55. The van der Waals surface area contributed by atoms with Gasteiger partial charge in [-0.1, -0.05) is 135 Å². The maximum atomic E-state index is 16.1. The summed E-state index contributed by atoms with van der Waals surface area (Å²) in [4.78, 5) is 29.6. The topological polar surface area (TPSA) is 179 Å². The monoisotopic (exact) mass is 1410 g/mol. The van der Waals surface area contributed by atoms with Crippen LogP contribution in [-0.2, 0) is 70.5 Å². The molecule has 21 heteroatoms. The van der Waals surface area contributed by atoms with Crippen molar-refractivity contribution in [3.8, 4) is 0 Å². The SMILES string of the molecule is C=C(Br)CC(CCC12CC3OC4C(O1)[C@H]1OC(CC(=O)C(C5[C@H](CC6OC(CCCO[Si](CC)(CC)CC)CC(C)C6=C)O[C@H](CC(CO[Si](C)(C)C(C)(C)C)O[Si](C)(C)C(C)(C)C)[C@@H]5OC)S(=O)(=O)c5ccccc5)CCC1O[C@H]4C3O2)OC(=O)c1ccccc1. The van der Waals surface area contributed by atoms with Crippen LogP contribution < -0.4 is 0 Å². The fourth-order valence-electron chi connectivity index (χ4n) is 14.9. The smallest absolute Gasteiger partial charge is 0.338 e. The number of carbonyl (C=O) groups is 2. The molecule has 2 aromatic rings. The number of hydrogen-bond acceptors (Lipinski definition) is 16. The Hall–Kier alpha value is -2.30. The van der Waals surface area contributed by atoms with Crippen molar-refractivity contribution < 1.29 is 73.9 Å². The van der Waals surface area contributed by atoms with Gasteiger partial charge < -0.3 is 55.9 Å². The van der Waals surface area contributed by atoms with E-state index in [1.54, 1.807) is 61.7 Å². The number of benzene rings is 2. The molecule has 0 N–H and O–H groups in total. The number of ketones is 1. The summed E-state index contributed by atoms with van der Waals surface area (Å²) >= 11 is 3.51. The van der Waals surface area contributed by atoms with E-state index >= 15 is 13.2 Å². The number of methoxy groups -OCH3 is 1.